The van der Waals surface area contributed by atoms with Crippen molar-refractivity contribution in [3.05, 3.63) is 35.7 Å². The molecule has 1 aliphatic heterocycles. The van der Waals surface area contributed by atoms with Crippen molar-refractivity contribution in [1.82, 2.24) is 14.8 Å². The molecule has 1 aromatic carbocycles. The van der Waals surface area contributed by atoms with Crippen LogP contribution >= 0.6 is 0 Å². The minimum Gasteiger partial charge on any atom is -0.469 e. The van der Waals surface area contributed by atoms with E-state index in [9.17, 15) is 4.79 Å². The highest BCUT2D eigenvalue weighted by atomic mass is 16.5. The molecule has 1 unspecified atom stereocenters. The average molecular weight is 271 g/mol. The van der Waals surface area contributed by atoms with E-state index < -0.39 is 0 Å². The number of carbonyl (C=O) groups excluding carboxylic acids is 1. The molecule has 104 valence electrons. The summed E-state index contributed by atoms with van der Waals surface area (Å²) < 4.78 is 6.65. The van der Waals surface area contributed by atoms with Gasteiger partial charge in [0.1, 0.15) is 5.82 Å². The maximum atomic E-state index is 11.6. The predicted octanol–water partition coefficient (Wildman–Crippen LogP) is 1.99. The maximum Gasteiger partial charge on any atom is 0.310 e. The maximum absolute atomic E-state index is 11.6. The first-order valence-corrected chi connectivity index (χ1v) is 6.76. The lowest BCUT2D eigenvalue weighted by Crippen LogP contribution is -2.28. The van der Waals surface area contributed by atoms with Crippen LogP contribution < -0.4 is 0 Å². The van der Waals surface area contributed by atoms with E-state index in [0.717, 1.165) is 35.6 Å². The molecule has 0 spiro atoms. The highest BCUT2D eigenvalue weighted by Crippen LogP contribution is 2.24. The molecule has 1 aliphatic rings. The number of rotatable bonds is 2. The fourth-order valence-electron chi connectivity index (χ4n) is 2.61. The van der Waals surface area contributed by atoms with Crippen molar-refractivity contribution in [3.63, 3.8) is 0 Å². The lowest BCUT2D eigenvalue weighted by atomic mass is 10.0. The number of hydrogen-bond acceptors (Lipinski definition) is 4. The van der Waals surface area contributed by atoms with Crippen molar-refractivity contribution >= 4 is 5.97 Å². The van der Waals surface area contributed by atoms with Gasteiger partial charge in [-0.2, -0.15) is 5.10 Å². The minimum absolute atomic E-state index is 0.112. The van der Waals surface area contributed by atoms with Crippen LogP contribution in [0.15, 0.2) is 24.3 Å². The molecule has 2 aromatic rings. The monoisotopic (exact) mass is 271 g/mol. The van der Waals surface area contributed by atoms with E-state index >= 15 is 0 Å². The normalized spacial score (nSPS) is 17.6. The number of fused-ring (bicyclic) bond motifs is 1. The molecular weight excluding hydrogens is 254 g/mol. The van der Waals surface area contributed by atoms with E-state index in [-0.39, 0.29) is 11.9 Å². The zero-order valence-corrected chi connectivity index (χ0v) is 11.7. The van der Waals surface area contributed by atoms with Crippen molar-refractivity contribution in [3.8, 4) is 11.4 Å². The molecule has 0 saturated carbocycles. The number of methoxy groups -OCH3 is 1. The second-order valence-corrected chi connectivity index (χ2v) is 5.11. The highest BCUT2D eigenvalue weighted by Gasteiger charge is 2.27. The van der Waals surface area contributed by atoms with Crippen LogP contribution in [0.2, 0.25) is 0 Å². The quantitative estimate of drug-likeness (QED) is 0.784. The SMILES string of the molecule is COC(=O)C1CCc2nc(-c3ccccc3C)nn2C1. The summed E-state index contributed by atoms with van der Waals surface area (Å²) in [4.78, 5) is 16.2. The first-order valence-electron chi connectivity index (χ1n) is 6.76. The van der Waals surface area contributed by atoms with E-state index in [2.05, 4.69) is 10.1 Å². The van der Waals surface area contributed by atoms with E-state index in [0.29, 0.717) is 6.54 Å². The third kappa shape index (κ3) is 2.19. The number of esters is 1. The first-order chi connectivity index (χ1) is 9.69. The Bertz CT molecular complexity index is 648. The van der Waals surface area contributed by atoms with Gasteiger partial charge >= 0.3 is 5.97 Å². The molecule has 1 aromatic heterocycles. The largest absolute Gasteiger partial charge is 0.469 e. The Morgan fingerprint density at radius 3 is 2.95 bits per heavy atom. The van der Waals surface area contributed by atoms with Gasteiger partial charge in [0, 0.05) is 12.0 Å². The van der Waals surface area contributed by atoms with Crippen molar-refractivity contribution in [1.29, 1.82) is 0 Å². The number of carbonyl (C=O) groups is 1. The molecule has 5 nitrogen and oxygen atoms in total. The summed E-state index contributed by atoms with van der Waals surface area (Å²) in [5.74, 6) is 1.41. The number of benzene rings is 1. The molecule has 5 heteroatoms. The Morgan fingerprint density at radius 1 is 1.40 bits per heavy atom. The van der Waals surface area contributed by atoms with Gasteiger partial charge < -0.3 is 4.74 Å². The summed E-state index contributed by atoms with van der Waals surface area (Å²) in [5, 5.41) is 4.55. The van der Waals surface area contributed by atoms with Gasteiger partial charge in [0.05, 0.1) is 19.6 Å². The van der Waals surface area contributed by atoms with Gasteiger partial charge in [0.15, 0.2) is 5.82 Å². The number of aromatic nitrogens is 3. The summed E-state index contributed by atoms with van der Waals surface area (Å²) >= 11 is 0. The Balaban J connectivity index is 1.91. The van der Waals surface area contributed by atoms with E-state index in [1.165, 1.54) is 7.11 Å². The molecule has 0 bridgehead atoms. The van der Waals surface area contributed by atoms with Crippen LogP contribution in [0.25, 0.3) is 11.4 Å². The van der Waals surface area contributed by atoms with Crippen LogP contribution in [0.5, 0.6) is 0 Å². The van der Waals surface area contributed by atoms with E-state index in [1.54, 1.807) is 0 Å². The van der Waals surface area contributed by atoms with Gasteiger partial charge in [0.2, 0.25) is 0 Å². The molecular formula is C15H17N3O2. The van der Waals surface area contributed by atoms with E-state index in [1.807, 2.05) is 35.9 Å². The first kappa shape index (κ1) is 12.8. The Hall–Kier alpha value is -2.17. The molecule has 2 heterocycles. The molecule has 0 radical (unpaired) electrons. The van der Waals surface area contributed by atoms with Crippen LogP contribution in [0, 0.1) is 12.8 Å². The summed E-state index contributed by atoms with van der Waals surface area (Å²) in [6.07, 6.45) is 1.54. The number of hydrogen-bond donors (Lipinski definition) is 0. The second-order valence-electron chi connectivity index (χ2n) is 5.11. The lowest BCUT2D eigenvalue weighted by Gasteiger charge is -2.19. The van der Waals surface area contributed by atoms with Crippen LogP contribution in [0.4, 0.5) is 0 Å². The topological polar surface area (TPSA) is 57.0 Å². The lowest BCUT2D eigenvalue weighted by molar-refractivity contribution is -0.146. The van der Waals surface area contributed by atoms with Crippen molar-refractivity contribution in [2.75, 3.05) is 7.11 Å². The van der Waals surface area contributed by atoms with Crippen molar-refractivity contribution in [2.24, 2.45) is 5.92 Å². The number of aryl methyl sites for hydroxylation is 2. The van der Waals surface area contributed by atoms with Crippen molar-refractivity contribution in [2.45, 2.75) is 26.3 Å². The third-order valence-electron chi connectivity index (χ3n) is 3.78. The van der Waals surface area contributed by atoms with Gasteiger partial charge in [-0.1, -0.05) is 24.3 Å². The fourth-order valence-corrected chi connectivity index (χ4v) is 2.61. The number of ether oxygens (including phenoxy) is 1. The highest BCUT2D eigenvalue weighted by molar-refractivity contribution is 5.72. The minimum atomic E-state index is -0.163. The number of nitrogens with zero attached hydrogens (tertiary/aromatic N) is 3. The zero-order chi connectivity index (χ0) is 14.1. The van der Waals surface area contributed by atoms with Crippen LogP contribution in [-0.2, 0) is 22.5 Å². The molecule has 3 rings (SSSR count). The average Bonchev–Trinajstić information content (AvgIpc) is 2.89. The Kier molecular flexibility index (Phi) is 3.26. The molecule has 0 aliphatic carbocycles. The molecule has 20 heavy (non-hydrogen) atoms. The molecule has 0 amide bonds. The molecule has 0 saturated heterocycles. The summed E-state index contributed by atoms with van der Waals surface area (Å²) in [5.41, 5.74) is 2.20. The third-order valence-corrected chi connectivity index (χ3v) is 3.78. The van der Waals surface area contributed by atoms with E-state index in [4.69, 9.17) is 4.74 Å². The molecule has 1 atom stereocenters. The molecule has 0 fully saturated rings. The van der Waals surface area contributed by atoms with Gasteiger partial charge in [0.25, 0.3) is 0 Å². The summed E-state index contributed by atoms with van der Waals surface area (Å²) in [6, 6.07) is 8.06. The van der Waals surface area contributed by atoms with Gasteiger partial charge in [-0.25, -0.2) is 9.67 Å². The second kappa shape index (κ2) is 5.07. The smallest absolute Gasteiger partial charge is 0.310 e. The van der Waals surface area contributed by atoms with Crippen LogP contribution in [0.1, 0.15) is 17.8 Å². The van der Waals surface area contributed by atoms with Gasteiger partial charge in [-0.15, -0.1) is 0 Å². The molecule has 0 N–H and O–H groups in total. The Labute approximate surface area is 117 Å². The Morgan fingerprint density at radius 2 is 2.20 bits per heavy atom. The fraction of sp³-hybridized carbons (Fsp3) is 0.400. The summed E-state index contributed by atoms with van der Waals surface area (Å²) in [6.45, 7) is 2.60. The van der Waals surface area contributed by atoms with Crippen LogP contribution in [0.3, 0.4) is 0 Å². The predicted molar refractivity (Wildman–Crippen MR) is 74.0 cm³/mol. The summed E-state index contributed by atoms with van der Waals surface area (Å²) in [7, 11) is 1.43. The van der Waals surface area contributed by atoms with Gasteiger partial charge in [-0.3, -0.25) is 4.79 Å². The van der Waals surface area contributed by atoms with Gasteiger partial charge in [-0.05, 0) is 18.9 Å². The van der Waals surface area contributed by atoms with Crippen molar-refractivity contribution < 1.29 is 9.53 Å². The standard InChI is InChI=1S/C15H17N3O2/c1-10-5-3-4-6-12(10)14-16-13-8-7-11(15(19)20-2)9-18(13)17-14/h3-6,11H,7-9H2,1-2H3. The zero-order valence-electron chi connectivity index (χ0n) is 11.7. The van der Waals surface area contributed by atoms with Crippen LogP contribution in [-0.4, -0.2) is 27.8 Å².